The molecule has 0 aromatic heterocycles. The molecule has 16 heavy (non-hydrogen) atoms. The van der Waals surface area contributed by atoms with Gasteiger partial charge in [0.2, 0.25) is 5.91 Å². The van der Waals surface area contributed by atoms with Gasteiger partial charge in [-0.05, 0) is 24.6 Å². The Morgan fingerprint density at radius 2 is 2.25 bits per heavy atom. The summed E-state index contributed by atoms with van der Waals surface area (Å²) in [6, 6.07) is 5.06. The van der Waals surface area contributed by atoms with E-state index in [-0.39, 0.29) is 5.91 Å². The molecule has 0 radical (unpaired) electrons. The molecule has 0 aliphatic rings. The molecule has 0 saturated carbocycles. The molecule has 1 amide bonds. The van der Waals surface area contributed by atoms with Crippen molar-refractivity contribution in [3.8, 4) is 5.75 Å². The van der Waals surface area contributed by atoms with Crippen LogP contribution in [0.25, 0.3) is 0 Å². The Kier molecular flexibility index (Phi) is 5.43. The lowest BCUT2D eigenvalue weighted by molar-refractivity contribution is -0.116. The molecule has 0 aliphatic heterocycles. The zero-order valence-corrected chi connectivity index (χ0v) is 10.4. The van der Waals surface area contributed by atoms with Crippen LogP contribution < -0.4 is 10.1 Å². The molecule has 1 N–H and O–H groups in total. The van der Waals surface area contributed by atoms with Crippen molar-refractivity contribution in [2.75, 3.05) is 18.3 Å². The zero-order chi connectivity index (χ0) is 12.0. The minimum atomic E-state index is -0.0961. The number of alkyl halides is 1. The minimum Gasteiger partial charge on any atom is -0.495 e. The molecule has 1 rings (SSSR count). The number of halogens is 2. The van der Waals surface area contributed by atoms with Gasteiger partial charge in [-0.1, -0.05) is 11.6 Å². The fraction of sp³-hybridized carbons (Fsp3) is 0.364. The predicted molar refractivity (Wildman–Crippen MR) is 66.6 cm³/mol. The van der Waals surface area contributed by atoms with E-state index in [9.17, 15) is 4.79 Å². The SMILES string of the molecule is COc1ccc(Cl)cc1NC(=O)CCCCl. The molecule has 0 aliphatic carbocycles. The first-order chi connectivity index (χ1) is 7.67. The normalized spacial score (nSPS) is 9.94. The summed E-state index contributed by atoms with van der Waals surface area (Å²) < 4.78 is 5.11. The van der Waals surface area contributed by atoms with Gasteiger partial charge in [0.15, 0.2) is 0 Å². The van der Waals surface area contributed by atoms with Crippen LogP contribution in [-0.4, -0.2) is 18.9 Å². The standard InChI is InChI=1S/C11H13Cl2NO2/c1-16-10-5-4-8(13)7-9(10)14-11(15)3-2-6-12/h4-5,7H,2-3,6H2,1H3,(H,14,15). The van der Waals surface area contributed by atoms with Crippen LogP contribution in [0.3, 0.4) is 0 Å². The smallest absolute Gasteiger partial charge is 0.224 e. The molecule has 0 fully saturated rings. The predicted octanol–water partition coefficient (Wildman–Crippen LogP) is 3.31. The van der Waals surface area contributed by atoms with Crippen LogP contribution in [0.1, 0.15) is 12.8 Å². The van der Waals surface area contributed by atoms with E-state index in [0.717, 1.165) is 0 Å². The lowest BCUT2D eigenvalue weighted by Gasteiger charge is -2.10. The van der Waals surface area contributed by atoms with Crippen LogP contribution in [-0.2, 0) is 4.79 Å². The number of hydrogen-bond acceptors (Lipinski definition) is 2. The molecule has 0 spiro atoms. The number of methoxy groups -OCH3 is 1. The third kappa shape index (κ3) is 3.91. The third-order valence-corrected chi connectivity index (χ3v) is 2.48. The maximum absolute atomic E-state index is 11.5. The van der Waals surface area contributed by atoms with Gasteiger partial charge in [0.05, 0.1) is 12.8 Å². The summed E-state index contributed by atoms with van der Waals surface area (Å²) in [4.78, 5) is 11.5. The average molecular weight is 262 g/mol. The number of rotatable bonds is 5. The van der Waals surface area contributed by atoms with Crippen LogP contribution in [0.5, 0.6) is 5.75 Å². The number of carbonyl (C=O) groups excluding carboxylic acids is 1. The molecule has 3 nitrogen and oxygen atoms in total. The summed E-state index contributed by atoms with van der Waals surface area (Å²) in [5, 5.41) is 3.28. The van der Waals surface area contributed by atoms with E-state index in [2.05, 4.69) is 5.32 Å². The van der Waals surface area contributed by atoms with Gasteiger partial charge in [0, 0.05) is 17.3 Å². The van der Waals surface area contributed by atoms with Gasteiger partial charge < -0.3 is 10.1 Å². The van der Waals surface area contributed by atoms with Crippen LogP contribution in [0, 0.1) is 0 Å². The van der Waals surface area contributed by atoms with E-state index >= 15 is 0 Å². The third-order valence-electron chi connectivity index (χ3n) is 1.97. The zero-order valence-electron chi connectivity index (χ0n) is 8.93. The minimum absolute atomic E-state index is 0.0961. The second-order valence-corrected chi connectivity index (χ2v) is 4.00. The van der Waals surface area contributed by atoms with Crippen LogP contribution in [0.15, 0.2) is 18.2 Å². The van der Waals surface area contributed by atoms with Gasteiger partial charge in [-0.25, -0.2) is 0 Å². The molecule has 1 aromatic carbocycles. The second-order valence-electron chi connectivity index (χ2n) is 3.19. The van der Waals surface area contributed by atoms with E-state index in [1.165, 1.54) is 7.11 Å². The molecule has 1 aromatic rings. The second kappa shape index (κ2) is 6.61. The maximum Gasteiger partial charge on any atom is 0.224 e. The van der Waals surface area contributed by atoms with Crippen molar-refractivity contribution in [2.24, 2.45) is 0 Å². The number of anilines is 1. The van der Waals surface area contributed by atoms with E-state index in [4.69, 9.17) is 27.9 Å². The summed E-state index contributed by atoms with van der Waals surface area (Å²) in [6.45, 7) is 0. The number of amides is 1. The molecule has 0 saturated heterocycles. The molecule has 0 heterocycles. The van der Waals surface area contributed by atoms with Crippen molar-refractivity contribution in [1.29, 1.82) is 0 Å². The number of ether oxygens (including phenoxy) is 1. The van der Waals surface area contributed by atoms with Gasteiger partial charge in [0.1, 0.15) is 5.75 Å². The first kappa shape index (κ1) is 13.1. The summed E-state index contributed by atoms with van der Waals surface area (Å²) in [6.07, 6.45) is 1.04. The van der Waals surface area contributed by atoms with Crippen molar-refractivity contribution in [3.63, 3.8) is 0 Å². The van der Waals surface area contributed by atoms with Crippen molar-refractivity contribution in [1.82, 2.24) is 0 Å². The van der Waals surface area contributed by atoms with E-state index < -0.39 is 0 Å². The Morgan fingerprint density at radius 3 is 2.88 bits per heavy atom. The number of benzene rings is 1. The topological polar surface area (TPSA) is 38.3 Å². The molecular weight excluding hydrogens is 249 g/mol. The van der Waals surface area contributed by atoms with Gasteiger partial charge in [-0.2, -0.15) is 0 Å². The van der Waals surface area contributed by atoms with Crippen molar-refractivity contribution in [3.05, 3.63) is 23.2 Å². The largest absolute Gasteiger partial charge is 0.495 e. The van der Waals surface area contributed by atoms with Crippen LogP contribution in [0.4, 0.5) is 5.69 Å². The lowest BCUT2D eigenvalue weighted by atomic mass is 10.2. The van der Waals surface area contributed by atoms with Crippen LogP contribution >= 0.6 is 23.2 Å². The highest BCUT2D eigenvalue weighted by Gasteiger charge is 2.07. The summed E-state index contributed by atoms with van der Waals surface area (Å²) >= 11 is 11.3. The Hall–Kier alpha value is -0.930. The molecule has 88 valence electrons. The summed E-state index contributed by atoms with van der Waals surface area (Å²) in [5.74, 6) is 0.963. The highest BCUT2D eigenvalue weighted by Crippen LogP contribution is 2.27. The van der Waals surface area contributed by atoms with E-state index in [1.807, 2.05) is 0 Å². The van der Waals surface area contributed by atoms with Crippen LogP contribution in [0.2, 0.25) is 5.02 Å². The number of hydrogen-bond donors (Lipinski definition) is 1. The molecule has 0 bridgehead atoms. The fourth-order valence-electron chi connectivity index (χ4n) is 1.22. The number of carbonyl (C=O) groups is 1. The van der Waals surface area contributed by atoms with Crippen molar-refractivity contribution >= 4 is 34.8 Å². The first-order valence-electron chi connectivity index (χ1n) is 4.86. The summed E-state index contributed by atoms with van der Waals surface area (Å²) in [5.41, 5.74) is 0.578. The monoisotopic (exact) mass is 261 g/mol. The Bertz CT molecular complexity index is 369. The van der Waals surface area contributed by atoms with Gasteiger partial charge in [0.25, 0.3) is 0 Å². The highest BCUT2D eigenvalue weighted by atomic mass is 35.5. The van der Waals surface area contributed by atoms with Gasteiger partial charge in [-0.3, -0.25) is 4.79 Å². The van der Waals surface area contributed by atoms with Gasteiger partial charge >= 0.3 is 0 Å². The van der Waals surface area contributed by atoms with Crippen molar-refractivity contribution in [2.45, 2.75) is 12.8 Å². The van der Waals surface area contributed by atoms with E-state index in [1.54, 1.807) is 18.2 Å². The first-order valence-corrected chi connectivity index (χ1v) is 5.78. The molecule has 0 atom stereocenters. The molecule has 0 unspecified atom stereocenters. The maximum atomic E-state index is 11.5. The Labute approximate surface area is 105 Å². The quantitative estimate of drug-likeness (QED) is 0.827. The average Bonchev–Trinajstić information content (AvgIpc) is 2.27. The number of nitrogens with one attached hydrogen (secondary N) is 1. The van der Waals surface area contributed by atoms with Gasteiger partial charge in [-0.15, -0.1) is 11.6 Å². The fourth-order valence-corrected chi connectivity index (χ4v) is 1.52. The molecular formula is C11H13Cl2NO2. The highest BCUT2D eigenvalue weighted by molar-refractivity contribution is 6.31. The summed E-state index contributed by atoms with van der Waals surface area (Å²) in [7, 11) is 1.54. The van der Waals surface area contributed by atoms with Crippen molar-refractivity contribution < 1.29 is 9.53 Å². The molecule has 5 heteroatoms. The Morgan fingerprint density at radius 1 is 1.50 bits per heavy atom. The Balaban J connectivity index is 2.71. The van der Waals surface area contributed by atoms with E-state index in [0.29, 0.717) is 35.2 Å². The lowest BCUT2D eigenvalue weighted by Crippen LogP contribution is -2.12.